The van der Waals surface area contributed by atoms with Crippen LogP contribution < -0.4 is 24.3 Å². The number of hydrogen-bond acceptors (Lipinski definition) is 8. The predicted molar refractivity (Wildman–Crippen MR) is 166 cm³/mol. The van der Waals surface area contributed by atoms with E-state index in [1.165, 1.54) is 0 Å². The third-order valence-electron chi connectivity index (χ3n) is 7.14. The molecule has 0 unspecified atom stereocenters. The lowest BCUT2D eigenvalue weighted by Crippen LogP contribution is -2.30. The van der Waals surface area contributed by atoms with Gasteiger partial charge in [0.25, 0.3) is 0 Å². The van der Waals surface area contributed by atoms with E-state index < -0.39 is 12.1 Å². The molecule has 0 aliphatic carbocycles. The summed E-state index contributed by atoms with van der Waals surface area (Å²) in [5.41, 5.74) is 3.56. The maximum absolute atomic E-state index is 11.8. The molecule has 0 heterocycles. The fourth-order valence-corrected chi connectivity index (χ4v) is 4.75. The molecular formula is C35H41NO7. The molecule has 8 heteroatoms. The van der Waals surface area contributed by atoms with Gasteiger partial charge >= 0.3 is 0 Å². The van der Waals surface area contributed by atoms with E-state index in [1.54, 1.807) is 28.4 Å². The van der Waals surface area contributed by atoms with E-state index in [0.717, 1.165) is 16.7 Å². The number of methoxy groups -OCH3 is 4. The minimum Gasteiger partial charge on any atom is -0.493 e. The first-order chi connectivity index (χ1) is 21.1. The predicted octanol–water partition coefficient (Wildman–Crippen LogP) is 6.24. The van der Waals surface area contributed by atoms with Crippen molar-refractivity contribution in [1.82, 2.24) is 5.32 Å². The molecule has 0 spiro atoms. The van der Waals surface area contributed by atoms with E-state index in [0.29, 0.717) is 54.7 Å². The molecule has 4 rings (SSSR count). The van der Waals surface area contributed by atoms with Crippen LogP contribution in [0.5, 0.6) is 23.0 Å². The molecule has 0 fully saturated rings. The van der Waals surface area contributed by atoms with Crippen molar-refractivity contribution in [3.05, 3.63) is 119 Å². The van der Waals surface area contributed by atoms with Crippen molar-refractivity contribution in [2.45, 2.75) is 38.1 Å². The first-order valence-corrected chi connectivity index (χ1v) is 14.2. The highest BCUT2D eigenvalue weighted by atomic mass is 16.7. The van der Waals surface area contributed by atoms with Gasteiger partial charge in [0.2, 0.25) is 0 Å². The van der Waals surface area contributed by atoms with Gasteiger partial charge in [0.1, 0.15) is 13.2 Å². The number of hydrogen-bond donors (Lipinski definition) is 2. The Morgan fingerprint density at radius 1 is 0.605 bits per heavy atom. The zero-order valence-corrected chi connectivity index (χ0v) is 25.2. The molecule has 0 saturated carbocycles. The summed E-state index contributed by atoms with van der Waals surface area (Å²) in [5, 5.41) is 15.3. The Labute approximate surface area is 254 Å². The van der Waals surface area contributed by atoms with Gasteiger partial charge in [-0.2, -0.15) is 0 Å². The van der Waals surface area contributed by atoms with Crippen LogP contribution >= 0.6 is 0 Å². The Bertz CT molecular complexity index is 1380. The molecule has 8 nitrogen and oxygen atoms in total. The molecule has 0 bridgehead atoms. The minimum absolute atomic E-state index is 0.369. The maximum Gasteiger partial charge on any atom is 0.162 e. The summed E-state index contributed by atoms with van der Waals surface area (Å²) in [6.45, 7) is 1.27. The lowest BCUT2D eigenvalue weighted by Gasteiger charge is -2.27. The van der Waals surface area contributed by atoms with Gasteiger partial charge in [0.15, 0.2) is 29.3 Å². The lowest BCUT2D eigenvalue weighted by molar-refractivity contribution is -0.106. The van der Waals surface area contributed by atoms with Gasteiger partial charge in [-0.3, -0.25) is 0 Å². The van der Waals surface area contributed by atoms with Crippen molar-refractivity contribution in [1.29, 1.82) is 0 Å². The highest BCUT2D eigenvalue weighted by Gasteiger charge is 2.25. The van der Waals surface area contributed by atoms with Crippen molar-refractivity contribution in [3.8, 4) is 23.0 Å². The van der Waals surface area contributed by atoms with E-state index in [-0.39, 0.29) is 6.29 Å². The number of ether oxygens (including phenoxy) is 6. The number of benzene rings is 4. The average molecular weight is 588 g/mol. The Morgan fingerprint density at radius 3 is 1.58 bits per heavy atom. The third kappa shape index (κ3) is 8.95. The van der Waals surface area contributed by atoms with Gasteiger partial charge in [-0.05, 0) is 46.5 Å². The Morgan fingerprint density at radius 2 is 1.09 bits per heavy atom. The van der Waals surface area contributed by atoms with Crippen LogP contribution in [0, 0.1) is 0 Å². The molecular weight excluding hydrogens is 546 g/mol. The lowest BCUT2D eigenvalue weighted by atomic mass is 9.95. The summed E-state index contributed by atoms with van der Waals surface area (Å²) in [5.74, 6) is 2.31. The van der Waals surface area contributed by atoms with Gasteiger partial charge < -0.3 is 38.8 Å². The van der Waals surface area contributed by atoms with Crippen LogP contribution in [0.15, 0.2) is 97.1 Å². The summed E-state index contributed by atoms with van der Waals surface area (Å²) < 4.78 is 34.2. The van der Waals surface area contributed by atoms with Crippen molar-refractivity contribution < 1.29 is 33.5 Å². The first kappa shape index (κ1) is 31.8. The van der Waals surface area contributed by atoms with Crippen molar-refractivity contribution in [3.63, 3.8) is 0 Å². The highest BCUT2D eigenvalue weighted by Crippen LogP contribution is 2.38. The number of aliphatic hydroxyl groups excluding tert-OH is 1. The first-order valence-electron chi connectivity index (χ1n) is 14.2. The summed E-state index contributed by atoms with van der Waals surface area (Å²) in [7, 11) is 6.42. The molecule has 0 aromatic heterocycles. The number of rotatable bonds is 17. The normalized spacial score (nSPS) is 12.5. The molecule has 4 aromatic carbocycles. The van der Waals surface area contributed by atoms with E-state index >= 15 is 0 Å². The molecule has 0 amide bonds. The van der Waals surface area contributed by atoms with E-state index in [4.69, 9.17) is 28.4 Å². The van der Waals surface area contributed by atoms with Crippen LogP contribution in [0.1, 0.15) is 40.8 Å². The van der Waals surface area contributed by atoms with Crippen LogP contribution in [0.3, 0.4) is 0 Å². The smallest absolute Gasteiger partial charge is 0.162 e. The second kappa shape index (κ2) is 16.5. The van der Waals surface area contributed by atoms with E-state index in [2.05, 4.69) is 5.32 Å². The molecule has 0 saturated heterocycles. The Kier molecular flexibility index (Phi) is 12.2. The standard InChI is InChI=1S/C35H41NO7/c1-38-29-17-15-27(21-31(29)42-23-25-11-7-5-8-12-25)34(36-20-19-33(40-3)41-4)35(37)28-16-18-30(39-2)32(22-28)43-24-26-13-9-6-10-14-26/h5-18,21-22,33-37H,19-20,23-24H2,1-4H3/t34-,35+/m1/s1. The molecule has 228 valence electrons. The summed E-state index contributed by atoms with van der Waals surface area (Å²) in [6, 6.07) is 30.5. The zero-order valence-electron chi connectivity index (χ0n) is 25.2. The van der Waals surface area contributed by atoms with Gasteiger partial charge in [-0.25, -0.2) is 0 Å². The molecule has 43 heavy (non-hydrogen) atoms. The van der Waals surface area contributed by atoms with E-state index in [9.17, 15) is 5.11 Å². The largest absolute Gasteiger partial charge is 0.493 e. The van der Waals surface area contributed by atoms with E-state index in [1.807, 2.05) is 97.1 Å². The maximum atomic E-state index is 11.8. The average Bonchev–Trinajstić information content (AvgIpc) is 3.07. The monoisotopic (exact) mass is 587 g/mol. The molecule has 4 aromatic rings. The molecule has 2 atom stereocenters. The second-order valence-electron chi connectivity index (χ2n) is 9.94. The highest BCUT2D eigenvalue weighted by molar-refractivity contribution is 5.47. The fraction of sp³-hybridized carbons (Fsp3) is 0.314. The quantitative estimate of drug-likeness (QED) is 0.141. The fourth-order valence-electron chi connectivity index (χ4n) is 4.75. The van der Waals surface area contributed by atoms with Crippen LogP contribution in [0.2, 0.25) is 0 Å². The van der Waals surface area contributed by atoms with Crippen LogP contribution in [-0.2, 0) is 22.7 Å². The number of aliphatic hydroxyl groups is 1. The minimum atomic E-state index is -0.941. The summed E-state index contributed by atoms with van der Waals surface area (Å²) in [4.78, 5) is 0. The molecule has 2 N–H and O–H groups in total. The van der Waals surface area contributed by atoms with Crippen LogP contribution in [0.25, 0.3) is 0 Å². The summed E-state index contributed by atoms with van der Waals surface area (Å²) >= 11 is 0. The van der Waals surface area contributed by atoms with Gasteiger partial charge in [0, 0.05) is 27.2 Å². The van der Waals surface area contributed by atoms with Crippen LogP contribution in [0.4, 0.5) is 0 Å². The van der Waals surface area contributed by atoms with Crippen molar-refractivity contribution >= 4 is 0 Å². The molecule has 0 aliphatic rings. The molecule has 0 aliphatic heterocycles. The molecule has 0 radical (unpaired) electrons. The van der Waals surface area contributed by atoms with Gasteiger partial charge in [-0.15, -0.1) is 0 Å². The van der Waals surface area contributed by atoms with Crippen molar-refractivity contribution in [2.24, 2.45) is 0 Å². The van der Waals surface area contributed by atoms with Gasteiger partial charge in [0.05, 0.1) is 26.4 Å². The summed E-state index contributed by atoms with van der Waals surface area (Å²) in [6.07, 6.45) is -0.730. The topological polar surface area (TPSA) is 87.6 Å². The Hall–Kier alpha value is -4.08. The SMILES string of the molecule is COc1ccc([C@@H](NCCC(OC)OC)[C@@H](O)c2ccc(OC)c(OCc3ccccc3)c2)cc1OCc1ccccc1. The number of nitrogens with one attached hydrogen (secondary N) is 1. The van der Waals surface area contributed by atoms with Crippen molar-refractivity contribution in [2.75, 3.05) is 35.0 Å². The third-order valence-corrected chi connectivity index (χ3v) is 7.14. The Balaban J connectivity index is 1.62. The van der Waals surface area contributed by atoms with Crippen LogP contribution in [-0.4, -0.2) is 46.4 Å². The second-order valence-corrected chi connectivity index (χ2v) is 9.94. The van der Waals surface area contributed by atoms with Gasteiger partial charge in [-0.1, -0.05) is 72.8 Å². The zero-order chi connectivity index (χ0) is 30.4.